The molecule has 0 aromatic heterocycles. The molecule has 57 valence electrons. The fraction of sp³-hybridized carbons (Fsp3) is 0.333. The Hall–Kier alpha value is 0.284. The summed E-state index contributed by atoms with van der Waals surface area (Å²) >= 11 is 0. The standard InChI is InChI=1S/C9H13N.Y/c1-8-3-2-4-9(7-10)6-5-8;/h2,4-6H,3,7,10H2,1H3;. The molecule has 0 spiro atoms. The number of rotatable bonds is 1. The smallest absolute Gasteiger partial charge is 0.0177 e. The molecule has 1 aliphatic rings. The Labute approximate surface area is 93.3 Å². The second kappa shape index (κ2) is 5.87. The summed E-state index contributed by atoms with van der Waals surface area (Å²) < 4.78 is 0. The molecular weight excluding hydrogens is 211 g/mol. The Kier molecular flexibility index (Phi) is 6.03. The van der Waals surface area contributed by atoms with Crippen LogP contribution < -0.4 is 5.73 Å². The Morgan fingerprint density at radius 2 is 2.18 bits per heavy atom. The summed E-state index contributed by atoms with van der Waals surface area (Å²) in [5.41, 5.74) is 8.06. The molecule has 1 radical (unpaired) electrons. The molecule has 0 fully saturated rings. The van der Waals surface area contributed by atoms with Crippen molar-refractivity contribution in [2.45, 2.75) is 13.3 Å². The van der Waals surface area contributed by atoms with Gasteiger partial charge in [0.05, 0.1) is 0 Å². The van der Waals surface area contributed by atoms with Crippen molar-refractivity contribution in [2.75, 3.05) is 6.54 Å². The molecule has 0 aromatic rings. The Bertz CT molecular complexity index is 202. The van der Waals surface area contributed by atoms with Gasteiger partial charge < -0.3 is 5.73 Å². The predicted octanol–water partition coefficient (Wildman–Crippen LogP) is 1.78. The molecule has 2 N–H and O–H groups in total. The SMILES string of the molecule is CC1=CC=C(CN)C=CC1.[Y]. The van der Waals surface area contributed by atoms with Crippen LogP contribution in [0.5, 0.6) is 0 Å². The minimum Gasteiger partial charge on any atom is -0.326 e. The zero-order chi connectivity index (χ0) is 7.40. The monoisotopic (exact) mass is 224 g/mol. The van der Waals surface area contributed by atoms with Crippen molar-refractivity contribution in [1.82, 2.24) is 0 Å². The van der Waals surface area contributed by atoms with Gasteiger partial charge in [0.1, 0.15) is 0 Å². The Balaban J connectivity index is 0.000001000. The first-order valence-electron chi connectivity index (χ1n) is 3.56. The Morgan fingerprint density at radius 3 is 2.82 bits per heavy atom. The summed E-state index contributed by atoms with van der Waals surface area (Å²) in [7, 11) is 0. The van der Waals surface area contributed by atoms with Gasteiger partial charge in [-0.25, -0.2) is 0 Å². The summed E-state index contributed by atoms with van der Waals surface area (Å²) in [6.45, 7) is 2.76. The first kappa shape index (κ1) is 11.3. The molecule has 0 atom stereocenters. The van der Waals surface area contributed by atoms with Crippen LogP contribution in [0, 0.1) is 0 Å². The maximum Gasteiger partial charge on any atom is 0.0177 e. The second-order valence-corrected chi connectivity index (χ2v) is 2.57. The largest absolute Gasteiger partial charge is 0.326 e. The maximum absolute atomic E-state index is 5.47. The van der Waals surface area contributed by atoms with Crippen molar-refractivity contribution in [1.29, 1.82) is 0 Å². The van der Waals surface area contributed by atoms with E-state index in [9.17, 15) is 0 Å². The van der Waals surface area contributed by atoms with Crippen LogP contribution in [0.2, 0.25) is 0 Å². The van der Waals surface area contributed by atoms with E-state index in [0.29, 0.717) is 6.54 Å². The van der Waals surface area contributed by atoms with Crippen molar-refractivity contribution >= 4 is 0 Å². The maximum atomic E-state index is 5.47. The van der Waals surface area contributed by atoms with Gasteiger partial charge in [0.25, 0.3) is 0 Å². The molecule has 1 aliphatic carbocycles. The summed E-state index contributed by atoms with van der Waals surface area (Å²) in [5, 5.41) is 0. The Morgan fingerprint density at radius 1 is 1.45 bits per heavy atom. The predicted molar refractivity (Wildman–Crippen MR) is 44.7 cm³/mol. The van der Waals surface area contributed by atoms with Crippen LogP contribution >= 0.6 is 0 Å². The van der Waals surface area contributed by atoms with E-state index in [1.165, 1.54) is 11.1 Å². The molecule has 1 nitrogen and oxygen atoms in total. The van der Waals surface area contributed by atoms with E-state index in [2.05, 4.69) is 31.2 Å². The van der Waals surface area contributed by atoms with Crippen molar-refractivity contribution < 1.29 is 32.7 Å². The van der Waals surface area contributed by atoms with Crippen LogP contribution in [0.1, 0.15) is 13.3 Å². The van der Waals surface area contributed by atoms with E-state index in [4.69, 9.17) is 5.73 Å². The molecule has 0 saturated heterocycles. The molecule has 2 heteroatoms. The number of hydrogen-bond donors (Lipinski definition) is 1. The topological polar surface area (TPSA) is 26.0 Å². The number of nitrogens with two attached hydrogens (primary N) is 1. The fourth-order valence-corrected chi connectivity index (χ4v) is 0.905. The minimum absolute atomic E-state index is 0. The van der Waals surface area contributed by atoms with Gasteiger partial charge in [-0.3, -0.25) is 0 Å². The summed E-state index contributed by atoms with van der Waals surface area (Å²) in [5.74, 6) is 0. The van der Waals surface area contributed by atoms with Crippen LogP contribution in [0.3, 0.4) is 0 Å². The number of hydrogen-bond acceptors (Lipinski definition) is 1. The van der Waals surface area contributed by atoms with E-state index < -0.39 is 0 Å². The van der Waals surface area contributed by atoms with E-state index in [0.717, 1.165) is 6.42 Å². The van der Waals surface area contributed by atoms with Crippen molar-refractivity contribution in [3.8, 4) is 0 Å². The van der Waals surface area contributed by atoms with Crippen LogP contribution in [0.4, 0.5) is 0 Å². The van der Waals surface area contributed by atoms with Gasteiger partial charge in [-0.2, -0.15) is 0 Å². The van der Waals surface area contributed by atoms with E-state index >= 15 is 0 Å². The van der Waals surface area contributed by atoms with Crippen LogP contribution in [0.15, 0.2) is 35.5 Å². The summed E-state index contributed by atoms with van der Waals surface area (Å²) in [6.07, 6.45) is 9.51. The van der Waals surface area contributed by atoms with Crippen LogP contribution in [-0.2, 0) is 32.7 Å². The summed E-state index contributed by atoms with van der Waals surface area (Å²) in [6, 6.07) is 0. The third kappa shape index (κ3) is 4.00. The molecule has 0 aromatic carbocycles. The second-order valence-electron chi connectivity index (χ2n) is 2.57. The zero-order valence-corrected chi connectivity index (χ0v) is 9.72. The molecule has 0 heterocycles. The molecule has 0 saturated carbocycles. The number of allylic oxidation sites excluding steroid dienone is 4. The third-order valence-electron chi connectivity index (χ3n) is 1.59. The average Bonchev–Trinajstić information content (AvgIpc) is 2.14. The van der Waals surface area contributed by atoms with Crippen molar-refractivity contribution in [3.05, 3.63) is 35.5 Å². The minimum atomic E-state index is 0. The van der Waals surface area contributed by atoms with Gasteiger partial charge in [0.2, 0.25) is 0 Å². The van der Waals surface area contributed by atoms with Crippen LogP contribution in [-0.4, -0.2) is 6.54 Å². The van der Waals surface area contributed by atoms with E-state index in [1.54, 1.807) is 0 Å². The molecule has 0 unspecified atom stereocenters. The van der Waals surface area contributed by atoms with Gasteiger partial charge >= 0.3 is 0 Å². The van der Waals surface area contributed by atoms with E-state index in [-0.39, 0.29) is 32.7 Å². The molecule has 0 bridgehead atoms. The van der Waals surface area contributed by atoms with Crippen molar-refractivity contribution in [2.24, 2.45) is 5.73 Å². The quantitative estimate of drug-likeness (QED) is 0.721. The van der Waals surface area contributed by atoms with Gasteiger partial charge in [-0.15, -0.1) is 0 Å². The third-order valence-corrected chi connectivity index (χ3v) is 1.59. The molecule has 11 heavy (non-hydrogen) atoms. The normalized spacial score (nSPS) is 16.2. The first-order chi connectivity index (χ1) is 4.83. The van der Waals surface area contributed by atoms with Gasteiger partial charge in [-0.1, -0.05) is 29.9 Å². The van der Waals surface area contributed by atoms with Gasteiger partial charge in [-0.05, 0) is 18.9 Å². The van der Waals surface area contributed by atoms with Crippen molar-refractivity contribution in [3.63, 3.8) is 0 Å². The first-order valence-corrected chi connectivity index (χ1v) is 3.56. The molecule has 1 rings (SSSR count). The van der Waals surface area contributed by atoms with E-state index in [1.807, 2.05) is 0 Å². The fourth-order valence-electron chi connectivity index (χ4n) is 0.905. The molecule has 0 amide bonds. The zero-order valence-electron chi connectivity index (χ0n) is 6.88. The average molecular weight is 224 g/mol. The van der Waals surface area contributed by atoms with Crippen LogP contribution in [0.25, 0.3) is 0 Å². The molecular formula is C9H13NY. The molecule has 0 aliphatic heterocycles. The van der Waals surface area contributed by atoms with Gasteiger partial charge in [0, 0.05) is 39.3 Å². The summed E-state index contributed by atoms with van der Waals surface area (Å²) in [4.78, 5) is 0. The van der Waals surface area contributed by atoms with Gasteiger partial charge in [0.15, 0.2) is 0 Å².